The van der Waals surface area contributed by atoms with Crippen LogP contribution < -0.4 is 15.5 Å². The first-order valence-corrected chi connectivity index (χ1v) is 9.03. The molecule has 0 spiro atoms. The summed E-state index contributed by atoms with van der Waals surface area (Å²) in [5.74, 6) is -0.150. The maximum absolute atomic E-state index is 12.4. The lowest BCUT2D eigenvalue weighted by atomic mass is 10.1. The highest BCUT2D eigenvalue weighted by Gasteiger charge is 2.26. The molecule has 0 radical (unpaired) electrons. The molecule has 4 rings (SSSR count). The minimum Gasteiger partial charge on any atom is -0.497 e. The average Bonchev–Trinajstić information content (AvgIpc) is 3.31. The summed E-state index contributed by atoms with van der Waals surface area (Å²) >= 11 is 3.36. The Morgan fingerprint density at radius 2 is 1.96 bits per heavy atom. The number of ether oxygens (including phenoxy) is 1. The Hall–Kier alpha value is -3.46. The van der Waals surface area contributed by atoms with Gasteiger partial charge in [-0.3, -0.25) is 14.7 Å². The molecular weight excluding hydrogens is 426 g/mol. The van der Waals surface area contributed by atoms with E-state index >= 15 is 0 Å². The van der Waals surface area contributed by atoms with Crippen molar-refractivity contribution in [3.63, 3.8) is 0 Å². The van der Waals surface area contributed by atoms with Gasteiger partial charge in [-0.05, 0) is 48.5 Å². The second-order valence-electron chi connectivity index (χ2n) is 5.94. The number of hydrogen-bond donors (Lipinski definition) is 3. The quantitative estimate of drug-likeness (QED) is 0.542. The van der Waals surface area contributed by atoms with Crippen LogP contribution in [0.1, 0.15) is 16.1 Å². The smallest absolute Gasteiger partial charge is 0.289 e. The predicted molar refractivity (Wildman–Crippen MR) is 107 cm³/mol. The number of hydrazone groups is 1. The van der Waals surface area contributed by atoms with Crippen LogP contribution in [0.25, 0.3) is 11.3 Å². The minimum atomic E-state index is -0.504. The summed E-state index contributed by atoms with van der Waals surface area (Å²) in [5.41, 5.74) is 5.45. The van der Waals surface area contributed by atoms with Gasteiger partial charge in [-0.2, -0.15) is 10.2 Å². The summed E-state index contributed by atoms with van der Waals surface area (Å²) in [6, 6.07) is 14.2. The Balaban J connectivity index is 1.52. The van der Waals surface area contributed by atoms with Crippen LogP contribution in [0.5, 0.6) is 5.75 Å². The van der Waals surface area contributed by atoms with Crippen LogP contribution in [0.3, 0.4) is 0 Å². The molecule has 0 saturated heterocycles. The Morgan fingerprint density at radius 1 is 1.18 bits per heavy atom. The Kier molecular flexibility index (Phi) is 4.66. The summed E-state index contributed by atoms with van der Waals surface area (Å²) in [7, 11) is 1.59. The van der Waals surface area contributed by atoms with E-state index < -0.39 is 5.91 Å². The number of carbonyl (C=O) groups excluding carboxylic acids is 2. The molecule has 0 unspecified atom stereocenters. The zero-order valence-electron chi connectivity index (χ0n) is 14.6. The van der Waals surface area contributed by atoms with Crippen molar-refractivity contribution in [2.75, 3.05) is 12.4 Å². The molecule has 0 saturated carbocycles. The standard InChI is InChI=1S/C19H14BrN5O3/c1-28-12-5-2-10(3-6-12)15-9-16(23-22-15)18(26)25-24-17-13-8-11(20)4-7-14(13)21-19(17)27/h2-9H,1H3,(H,22,23)(H,25,26)(H,21,24,27). The molecule has 3 N–H and O–H groups in total. The van der Waals surface area contributed by atoms with E-state index in [2.05, 4.69) is 42.0 Å². The van der Waals surface area contributed by atoms with Gasteiger partial charge in [-0.15, -0.1) is 0 Å². The van der Waals surface area contributed by atoms with Crippen LogP contribution in [-0.2, 0) is 4.79 Å². The van der Waals surface area contributed by atoms with E-state index in [9.17, 15) is 9.59 Å². The molecule has 2 aromatic carbocycles. The monoisotopic (exact) mass is 439 g/mol. The number of carbonyl (C=O) groups is 2. The number of anilines is 1. The highest BCUT2D eigenvalue weighted by molar-refractivity contribution is 9.10. The molecule has 1 aliphatic heterocycles. The largest absolute Gasteiger partial charge is 0.497 e. The van der Waals surface area contributed by atoms with E-state index in [0.717, 1.165) is 15.8 Å². The summed E-state index contributed by atoms with van der Waals surface area (Å²) in [4.78, 5) is 24.5. The van der Waals surface area contributed by atoms with Crippen molar-refractivity contribution >= 4 is 39.1 Å². The van der Waals surface area contributed by atoms with E-state index in [1.165, 1.54) is 0 Å². The average molecular weight is 440 g/mol. The number of aromatic nitrogens is 2. The third kappa shape index (κ3) is 3.39. The molecule has 2 heterocycles. The fraction of sp³-hybridized carbons (Fsp3) is 0.0526. The summed E-state index contributed by atoms with van der Waals surface area (Å²) < 4.78 is 5.93. The van der Waals surface area contributed by atoms with Crippen molar-refractivity contribution < 1.29 is 14.3 Å². The zero-order chi connectivity index (χ0) is 19.7. The van der Waals surface area contributed by atoms with E-state index in [1.807, 2.05) is 30.3 Å². The van der Waals surface area contributed by atoms with E-state index in [1.54, 1.807) is 25.3 Å². The molecule has 0 aliphatic carbocycles. The molecule has 9 heteroatoms. The van der Waals surface area contributed by atoms with Gasteiger partial charge >= 0.3 is 0 Å². The fourth-order valence-corrected chi connectivity index (χ4v) is 3.11. The Labute approximate surface area is 168 Å². The van der Waals surface area contributed by atoms with Crippen molar-refractivity contribution in [2.24, 2.45) is 5.10 Å². The minimum absolute atomic E-state index is 0.138. The first-order valence-electron chi connectivity index (χ1n) is 8.24. The number of fused-ring (bicyclic) bond motifs is 1. The molecule has 0 bridgehead atoms. The molecule has 2 amide bonds. The number of H-pyrrole nitrogens is 1. The molecule has 8 nitrogen and oxygen atoms in total. The number of aromatic amines is 1. The van der Waals surface area contributed by atoms with Crippen molar-refractivity contribution in [3.05, 3.63) is 64.3 Å². The van der Waals surface area contributed by atoms with Crippen molar-refractivity contribution in [2.45, 2.75) is 0 Å². The molecule has 1 aromatic heterocycles. The molecule has 140 valence electrons. The maximum atomic E-state index is 12.4. The number of halogens is 1. The molecule has 3 aromatic rings. The van der Waals surface area contributed by atoms with Gasteiger partial charge in [0.25, 0.3) is 11.8 Å². The first-order chi connectivity index (χ1) is 13.5. The topological polar surface area (TPSA) is 108 Å². The van der Waals surface area contributed by atoms with Crippen LogP contribution in [0.4, 0.5) is 5.69 Å². The van der Waals surface area contributed by atoms with Crippen LogP contribution >= 0.6 is 15.9 Å². The van der Waals surface area contributed by atoms with Gasteiger partial charge in [0.1, 0.15) is 11.4 Å². The van der Waals surface area contributed by atoms with Gasteiger partial charge in [0.05, 0.1) is 18.5 Å². The fourth-order valence-electron chi connectivity index (χ4n) is 2.75. The third-order valence-electron chi connectivity index (χ3n) is 4.18. The maximum Gasteiger partial charge on any atom is 0.289 e. The van der Waals surface area contributed by atoms with Crippen molar-refractivity contribution in [1.82, 2.24) is 15.6 Å². The highest BCUT2D eigenvalue weighted by Crippen LogP contribution is 2.26. The molecule has 28 heavy (non-hydrogen) atoms. The number of nitrogens with zero attached hydrogens (tertiary/aromatic N) is 2. The van der Waals surface area contributed by atoms with Gasteiger partial charge in [0, 0.05) is 15.6 Å². The van der Waals surface area contributed by atoms with E-state index in [0.29, 0.717) is 16.9 Å². The number of nitrogens with one attached hydrogen (secondary N) is 3. The van der Waals surface area contributed by atoms with E-state index in [-0.39, 0.29) is 17.3 Å². The highest BCUT2D eigenvalue weighted by atomic mass is 79.9. The summed E-state index contributed by atoms with van der Waals surface area (Å²) in [6.45, 7) is 0. The normalized spacial score (nSPS) is 13.9. The summed E-state index contributed by atoms with van der Waals surface area (Å²) in [6.07, 6.45) is 0. The first kappa shape index (κ1) is 17.9. The Bertz CT molecular complexity index is 1110. The Morgan fingerprint density at radius 3 is 2.71 bits per heavy atom. The van der Waals surface area contributed by atoms with Crippen LogP contribution in [0.15, 0.2) is 58.1 Å². The van der Waals surface area contributed by atoms with Gasteiger partial charge in [-0.25, -0.2) is 5.43 Å². The number of methoxy groups -OCH3 is 1. The predicted octanol–water partition coefficient (Wildman–Crippen LogP) is 2.93. The second-order valence-corrected chi connectivity index (χ2v) is 6.86. The lowest BCUT2D eigenvalue weighted by molar-refractivity contribution is -0.110. The molecule has 0 atom stereocenters. The molecule has 0 fully saturated rings. The van der Waals surface area contributed by atoms with Gasteiger partial charge in [0.2, 0.25) is 0 Å². The number of benzene rings is 2. The van der Waals surface area contributed by atoms with Crippen LogP contribution in [0.2, 0.25) is 0 Å². The molecule has 1 aliphatic rings. The lowest BCUT2D eigenvalue weighted by Crippen LogP contribution is -2.23. The van der Waals surface area contributed by atoms with Crippen LogP contribution in [0, 0.1) is 0 Å². The lowest BCUT2D eigenvalue weighted by Gasteiger charge is -2.00. The zero-order valence-corrected chi connectivity index (χ0v) is 16.2. The third-order valence-corrected chi connectivity index (χ3v) is 4.67. The number of amides is 2. The number of hydrogen-bond acceptors (Lipinski definition) is 5. The summed E-state index contributed by atoms with van der Waals surface area (Å²) in [5, 5.41) is 13.5. The van der Waals surface area contributed by atoms with Crippen LogP contribution in [-0.4, -0.2) is 34.8 Å². The van der Waals surface area contributed by atoms with Gasteiger partial charge in [-0.1, -0.05) is 15.9 Å². The number of rotatable bonds is 4. The van der Waals surface area contributed by atoms with Crippen molar-refractivity contribution in [3.8, 4) is 17.0 Å². The molecular formula is C19H14BrN5O3. The van der Waals surface area contributed by atoms with Gasteiger partial charge < -0.3 is 10.1 Å². The van der Waals surface area contributed by atoms with E-state index in [4.69, 9.17) is 4.74 Å². The van der Waals surface area contributed by atoms with Crippen molar-refractivity contribution in [1.29, 1.82) is 0 Å². The van der Waals surface area contributed by atoms with Gasteiger partial charge in [0.15, 0.2) is 5.71 Å². The second kappa shape index (κ2) is 7.28. The SMILES string of the molecule is COc1ccc(-c2cc(C(=O)NN=C3C(=O)Nc4ccc(Br)cc43)[nH]n2)cc1.